The van der Waals surface area contributed by atoms with Gasteiger partial charge in [-0.3, -0.25) is 0 Å². The molecular weight excluding hydrogens is 224 g/mol. The first-order valence-electron chi connectivity index (χ1n) is 4.00. The Bertz CT molecular complexity index is 414. The van der Waals surface area contributed by atoms with Crippen LogP contribution in [0.1, 0.15) is 11.7 Å². The summed E-state index contributed by atoms with van der Waals surface area (Å²) in [7, 11) is -3.20. The lowest BCUT2D eigenvalue weighted by molar-refractivity contribution is 0.202. The van der Waals surface area contributed by atoms with Crippen molar-refractivity contribution in [1.29, 1.82) is 0 Å². The van der Waals surface area contributed by atoms with E-state index in [-0.39, 0.29) is 5.75 Å². The minimum atomic E-state index is -3.20. The zero-order valence-electron chi connectivity index (χ0n) is 7.64. The SMILES string of the molecule is CS(=O)(=O)C[C@@H](O)c1ccccc1Cl. The average molecular weight is 235 g/mol. The zero-order chi connectivity index (χ0) is 10.8. The molecule has 0 amide bonds. The Labute approximate surface area is 88.2 Å². The van der Waals surface area contributed by atoms with Crippen molar-refractivity contribution in [3.63, 3.8) is 0 Å². The van der Waals surface area contributed by atoms with Crippen LogP contribution in [-0.4, -0.2) is 25.5 Å². The molecule has 0 bridgehead atoms. The van der Waals surface area contributed by atoms with Crippen molar-refractivity contribution in [2.24, 2.45) is 0 Å². The first-order chi connectivity index (χ1) is 6.40. The maximum absolute atomic E-state index is 10.9. The molecule has 0 radical (unpaired) electrons. The van der Waals surface area contributed by atoms with Gasteiger partial charge in [0.1, 0.15) is 9.84 Å². The van der Waals surface area contributed by atoms with Crippen molar-refractivity contribution < 1.29 is 13.5 Å². The fourth-order valence-corrected chi connectivity index (χ4v) is 2.14. The fraction of sp³-hybridized carbons (Fsp3) is 0.333. The van der Waals surface area contributed by atoms with Gasteiger partial charge in [0.15, 0.2) is 0 Å². The Kier molecular flexibility index (Phi) is 3.53. The van der Waals surface area contributed by atoms with Crippen molar-refractivity contribution in [2.45, 2.75) is 6.10 Å². The third-order valence-electron chi connectivity index (χ3n) is 1.72. The second-order valence-corrected chi connectivity index (χ2v) is 5.72. The van der Waals surface area contributed by atoms with E-state index in [4.69, 9.17) is 11.6 Å². The van der Waals surface area contributed by atoms with Gasteiger partial charge >= 0.3 is 0 Å². The fourth-order valence-electron chi connectivity index (χ4n) is 1.12. The minimum absolute atomic E-state index is 0.309. The van der Waals surface area contributed by atoms with Gasteiger partial charge in [-0.2, -0.15) is 0 Å². The van der Waals surface area contributed by atoms with Crippen molar-refractivity contribution in [3.05, 3.63) is 34.9 Å². The van der Waals surface area contributed by atoms with E-state index in [1.165, 1.54) is 0 Å². The smallest absolute Gasteiger partial charge is 0.150 e. The van der Waals surface area contributed by atoms with Crippen LogP contribution in [0.15, 0.2) is 24.3 Å². The quantitative estimate of drug-likeness (QED) is 0.861. The lowest BCUT2D eigenvalue weighted by Crippen LogP contribution is -2.12. The molecule has 14 heavy (non-hydrogen) atoms. The molecule has 0 aliphatic heterocycles. The van der Waals surface area contributed by atoms with Crippen LogP contribution < -0.4 is 0 Å². The molecule has 1 aromatic carbocycles. The molecular formula is C9H11ClO3S. The van der Waals surface area contributed by atoms with E-state index < -0.39 is 15.9 Å². The number of sulfone groups is 1. The summed E-state index contributed by atoms with van der Waals surface area (Å²) >= 11 is 5.79. The molecule has 5 heteroatoms. The molecule has 0 spiro atoms. The summed E-state index contributed by atoms with van der Waals surface area (Å²) in [6, 6.07) is 6.65. The lowest BCUT2D eigenvalue weighted by atomic mass is 10.1. The number of hydrogen-bond acceptors (Lipinski definition) is 3. The highest BCUT2D eigenvalue weighted by atomic mass is 35.5. The van der Waals surface area contributed by atoms with Gasteiger partial charge in [-0.15, -0.1) is 0 Å². The van der Waals surface area contributed by atoms with E-state index in [0.29, 0.717) is 10.6 Å². The lowest BCUT2D eigenvalue weighted by Gasteiger charge is -2.10. The van der Waals surface area contributed by atoms with Crippen LogP contribution in [0.25, 0.3) is 0 Å². The highest BCUT2D eigenvalue weighted by molar-refractivity contribution is 7.90. The van der Waals surface area contributed by atoms with Gasteiger partial charge in [-0.05, 0) is 6.07 Å². The van der Waals surface area contributed by atoms with Gasteiger partial charge in [0.2, 0.25) is 0 Å². The molecule has 0 saturated carbocycles. The standard InChI is InChI=1S/C9H11ClO3S/c1-14(12,13)6-9(11)7-4-2-3-5-8(7)10/h2-5,9,11H,6H2,1H3/t9-/m1/s1. The molecule has 0 saturated heterocycles. The van der Waals surface area contributed by atoms with Gasteiger partial charge < -0.3 is 5.11 Å². The Morgan fingerprint density at radius 2 is 2.00 bits per heavy atom. The molecule has 0 fully saturated rings. The summed E-state index contributed by atoms with van der Waals surface area (Å²) in [4.78, 5) is 0. The Morgan fingerprint density at radius 1 is 1.43 bits per heavy atom. The summed E-state index contributed by atoms with van der Waals surface area (Å²) in [5.74, 6) is -0.309. The predicted octanol–water partition coefficient (Wildman–Crippen LogP) is 1.42. The zero-order valence-corrected chi connectivity index (χ0v) is 9.22. The summed E-state index contributed by atoms with van der Waals surface area (Å²) in [6.45, 7) is 0. The molecule has 0 heterocycles. The number of aliphatic hydroxyl groups excluding tert-OH is 1. The largest absolute Gasteiger partial charge is 0.387 e. The molecule has 0 unspecified atom stereocenters. The van der Waals surface area contributed by atoms with Gasteiger partial charge in [-0.1, -0.05) is 29.8 Å². The van der Waals surface area contributed by atoms with Crippen LogP contribution in [0.3, 0.4) is 0 Å². The third kappa shape index (κ3) is 3.29. The third-order valence-corrected chi connectivity index (χ3v) is 2.99. The molecule has 0 aliphatic carbocycles. The predicted molar refractivity (Wildman–Crippen MR) is 56.1 cm³/mol. The minimum Gasteiger partial charge on any atom is -0.387 e. The van der Waals surface area contributed by atoms with Crippen LogP contribution in [0.4, 0.5) is 0 Å². The van der Waals surface area contributed by atoms with Crippen LogP contribution in [-0.2, 0) is 9.84 Å². The topological polar surface area (TPSA) is 54.4 Å². The van der Waals surface area contributed by atoms with E-state index in [2.05, 4.69) is 0 Å². The number of hydrogen-bond donors (Lipinski definition) is 1. The van der Waals surface area contributed by atoms with Crippen molar-refractivity contribution in [1.82, 2.24) is 0 Å². The second kappa shape index (κ2) is 4.29. The first kappa shape index (κ1) is 11.5. The summed E-state index contributed by atoms with van der Waals surface area (Å²) < 4.78 is 21.8. The molecule has 1 rings (SSSR count). The first-order valence-corrected chi connectivity index (χ1v) is 6.44. The highest BCUT2D eigenvalue weighted by Crippen LogP contribution is 2.23. The van der Waals surface area contributed by atoms with E-state index in [0.717, 1.165) is 6.26 Å². The molecule has 0 aliphatic rings. The van der Waals surface area contributed by atoms with Gasteiger partial charge in [0.25, 0.3) is 0 Å². The molecule has 1 atom stereocenters. The van der Waals surface area contributed by atoms with Crippen LogP contribution in [0, 0.1) is 0 Å². The van der Waals surface area contributed by atoms with Crippen LogP contribution >= 0.6 is 11.6 Å². The van der Waals surface area contributed by atoms with E-state index >= 15 is 0 Å². The van der Waals surface area contributed by atoms with Crippen molar-refractivity contribution >= 4 is 21.4 Å². The van der Waals surface area contributed by atoms with Gasteiger partial charge in [0.05, 0.1) is 11.9 Å². The number of aliphatic hydroxyl groups is 1. The van der Waals surface area contributed by atoms with Crippen molar-refractivity contribution in [3.8, 4) is 0 Å². The Morgan fingerprint density at radius 3 is 2.50 bits per heavy atom. The number of halogens is 1. The van der Waals surface area contributed by atoms with E-state index in [9.17, 15) is 13.5 Å². The summed E-state index contributed by atoms with van der Waals surface area (Å²) in [5, 5.41) is 9.95. The van der Waals surface area contributed by atoms with Crippen LogP contribution in [0.5, 0.6) is 0 Å². The van der Waals surface area contributed by atoms with Gasteiger partial charge in [-0.25, -0.2) is 8.42 Å². The van der Waals surface area contributed by atoms with E-state index in [1.54, 1.807) is 24.3 Å². The monoisotopic (exact) mass is 234 g/mol. The molecule has 1 N–H and O–H groups in total. The van der Waals surface area contributed by atoms with Crippen LogP contribution in [0.2, 0.25) is 5.02 Å². The molecule has 0 aromatic heterocycles. The summed E-state index contributed by atoms with van der Waals surface area (Å²) in [5.41, 5.74) is 0.444. The molecule has 78 valence electrons. The van der Waals surface area contributed by atoms with E-state index in [1.807, 2.05) is 0 Å². The second-order valence-electron chi connectivity index (χ2n) is 3.13. The maximum atomic E-state index is 10.9. The highest BCUT2D eigenvalue weighted by Gasteiger charge is 2.16. The number of rotatable bonds is 3. The molecule has 3 nitrogen and oxygen atoms in total. The van der Waals surface area contributed by atoms with Crippen molar-refractivity contribution in [2.75, 3.05) is 12.0 Å². The average Bonchev–Trinajstić information content (AvgIpc) is 2.01. The molecule has 1 aromatic rings. The number of benzene rings is 1. The van der Waals surface area contributed by atoms with Gasteiger partial charge in [0, 0.05) is 16.8 Å². The Hall–Kier alpha value is -0.580. The summed E-state index contributed by atoms with van der Waals surface area (Å²) in [6.07, 6.45) is 0.0197. The Balaban J connectivity index is 2.90. The normalized spacial score (nSPS) is 13.9. The maximum Gasteiger partial charge on any atom is 0.150 e.